The molecule has 0 amide bonds. The molecule has 3 aliphatic rings. The van der Waals surface area contributed by atoms with Crippen molar-refractivity contribution in [1.29, 1.82) is 0 Å². The van der Waals surface area contributed by atoms with Crippen LogP contribution < -0.4 is 0 Å². The molecule has 0 saturated carbocycles. The molecule has 2 aromatic carbocycles. The van der Waals surface area contributed by atoms with Crippen molar-refractivity contribution in [2.24, 2.45) is 0 Å². The highest BCUT2D eigenvalue weighted by atomic mass is 16.7. The van der Waals surface area contributed by atoms with E-state index >= 15 is 0 Å². The Morgan fingerprint density at radius 2 is 1.55 bits per heavy atom. The quantitative estimate of drug-likeness (QED) is 0.255. The Morgan fingerprint density at radius 1 is 0.905 bits per heavy atom. The van der Waals surface area contributed by atoms with E-state index in [2.05, 4.69) is 11.9 Å². The van der Waals surface area contributed by atoms with Crippen LogP contribution in [-0.2, 0) is 28.5 Å². The van der Waals surface area contributed by atoms with Gasteiger partial charge < -0.3 is 44.3 Å². The lowest BCUT2D eigenvalue weighted by atomic mass is 9.97. The van der Waals surface area contributed by atoms with Crippen molar-refractivity contribution in [3.63, 3.8) is 0 Å². The predicted octanol–water partition coefficient (Wildman–Crippen LogP) is 0.852. The summed E-state index contributed by atoms with van der Waals surface area (Å²) in [5, 5.41) is 40.6. The predicted molar refractivity (Wildman–Crippen MR) is 144 cm³/mol. The van der Waals surface area contributed by atoms with Gasteiger partial charge in [0.15, 0.2) is 6.10 Å². The molecule has 3 aliphatic heterocycles. The molecule has 2 unspecified atom stereocenters. The molecule has 3 heterocycles. The molecule has 2 bridgehead atoms. The Balaban J connectivity index is 1.24. The average Bonchev–Trinajstić information content (AvgIpc) is 3.17. The van der Waals surface area contributed by atoms with Gasteiger partial charge >= 0.3 is 17.9 Å². The number of fused-ring (bicyclic) bond motifs is 2. The first-order valence-corrected chi connectivity index (χ1v) is 14.0. The van der Waals surface area contributed by atoms with Gasteiger partial charge in [-0.2, -0.15) is 0 Å². The second-order valence-corrected chi connectivity index (χ2v) is 11.0. The molecule has 3 fully saturated rings. The standard InChI is InChI=1S/C30H35NO11/c1-31-18-9-10-19(31)14-21(13-18)40-28(37)22(16-5-3-2-4-6-16)15-39-29(38)26-24(34)23(33)25(35)30(41-26)42-27(36)17-7-11-20(32)12-8-17/h2-8,11-12,18-19,21-26,30,32-35H,9-10,13-15H2,1H3/t18-,19+,21?,22?,23-,24-,25+,26-,30-/m0/s1. The highest BCUT2D eigenvalue weighted by molar-refractivity contribution is 5.89. The molecule has 5 rings (SSSR count). The van der Waals surface area contributed by atoms with Gasteiger partial charge in [0.05, 0.1) is 5.56 Å². The number of nitrogens with zero attached hydrogens (tertiary/aromatic N) is 1. The minimum absolute atomic E-state index is 0.00479. The maximum Gasteiger partial charge on any atom is 0.340 e. The molecular formula is C30H35NO11. The number of aromatic hydroxyl groups is 1. The second kappa shape index (κ2) is 12.8. The van der Waals surface area contributed by atoms with Crippen molar-refractivity contribution in [3.8, 4) is 5.75 Å². The van der Waals surface area contributed by atoms with Crippen LogP contribution in [0.5, 0.6) is 5.75 Å². The third-order valence-corrected chi connectivity index (χ3v) is 8.34. The summed E-state index contributed by atoms with van der Waals surface area (Å²) in [7, 11) is 2.09. The van der Waals surface area contributed by atoms with Crippen LogP contribution in [-0.4, -0.2) is 106 Å². The van der Waals surface area contributed by atoms with Crippen LogP contribution in [0.15, 0.2) is 54.6 Å². The van der Waals surface area contributed by atoms with Crippen molar-refractivity contribution >= 4 is 17.9 Å². The van der Waals surface area contributed by atoms with Crippen LogP contribution >= 0.6 is 0 Å². The maximum atomic E-state index is 13.4. The largest absolute Gasteiger partial charge is 0.508 e. The van der Waals surface area contributed by atoms with Crippen LogP contribution in [0.4, 0.5) is 0 Å². The Bertz CT molecular complexity index is 1240. The molecule has 3 saturated heterocycles. The van der Waals surface area contributed by atoms with Crippen LogP contribution in [0, 0.1) is 0 Å². The Kier molecular flexibility index (Phi) is 9.09. The summed E-state index contributed by atoms with van der Waals surface area (Å²) in [6.07, 6.45) is -6.03. The van der Waals surface area contributed by atoms with E-state index in [0.717, 1.165) is 25.7 Å². The number of hydrogen-bond donors (Lipinski definition) is 4. The van der Waals surface area contributed by atoms with Crippen molar-refractivity contribution in [1.82, 2.24) is 4.90 Å². The van der Waals surface area contributed by atoms with Crippen molar-refractivity contribution in [2.75, 3.05) is 13.7 Å². The van der Waals surface area contributed by atoms with Gasteiger partial charge in [-0.05, 0) is 62.6 Å². The zero-order valence-corrected chi connectivity index (χ0v) is 23.0. The summed E-state index contributed by atoms with van der Waals surface area (Å²) >= 11 is 0. The van der Waals surface area contributed by atoms with Crippen LogP contribution in [0.3, 0.4) is 0 Å². The summed E-state index contributed by atoms with van der Waals surface area (Å²) < 4.78 is 21.8. The van der Waals surface area contributed by atoms with E-state index in [1.165, 1.54) is 24.3 Å². The number of esters is 3. The van der Waals surface area contributed by atoms with Gasteiger partial charge in [-0.15, -0.1) is 0 Å². The van der Waals surface area contributed by atoms with Gasteiger partial charge in [0.25, 0.3) is 0 Å². The number of benzene rings is 2. The lowest BCUT2D eigenvalue weighted by Crippen LogP contribution is -2.61. The molecule has 9 atom stereocenters. The van der Waals surface area contributed by atoms with E-state index in [1.54, 1.807) is 30.3 Å². The molecule has 0 spiro atoms. The number of piperidine rings is 1. The van der Waals surface area contributed by atoms with E-state index in [4.69, 9.17) is 18.9 Å². The summed E-state index contributed by atoms with van der Waals surface area (Å²) in [5.74, 6) is -3.71. The topological polar surface area (TPSA) is 172 Å². The Hall–Kier alpha value is -3.55. The molecule has 0 aliphatic carbocycles. The van der Waals surface area contributed by atoms with E-state index in [9.17, 15) is 34.8 Å². The zero-order valence-electron chi connectivity index (χ0n) is 23.0. The molecule has 0 aromatic heterocycles. The molecule has 4 N–H and O–H groups in total. The van der Waals surface area contributed by atoms with Gasteiger partial charge in [-0.3, -0.25) is 4.79 Å². The number of hydrogen-bond acceptors (Lipinski definition) is 12. The van der Waals surface area contributed by atoms with E-state index in [1.807, 2.05) is 0 Å². The molecule has 226 valence electrons. The van der Waals surface area contributed by atoms with E-state index < -0.39 is 61.1 Å². The Morgan fingerprint density at radius 3 is 2.19 bits per heavy atom. The highest BCUT2D eigenvalue weighted by Crippen LogP contribution is 2.36. The minimum Gasteiger partial charge on any atom is -0.508 e. The monoisotopic (exact) mass is 585 g/mol. The van der Waals surface area contributed by atoms with Gasteiger partial charge in [0.1, 0.15) is 42.7 Å². The first kappa shape index (κ1) is 29.9. The molecule has 42 heavy (non-hydrogen) atoms. The number of aliphatic hydroxyl groups is 3. The van der Waals surface area contributed by atoms with E-state index in [-0.39, 0.29) is 17.4 Å². The summed E-state index contributed by atoms with van der Waals surface area (Å²) in [5.41, 5.74) is 0.567. The van der Waals surface area contributed by atoms with Crippen molar-refractivity contribution in [2.45, 2.75) is 80.5 Å². The lowest BCUT2D eigenvalue weighted by molar-refractivity contribution is -0.280. The SMILES string of the molecule is CN1[C@@H]2CC[C@H]1CC(OC(=O)C(COC(=O)[C@H]1O[C@@H](OC(=O)c3ccc(O)cc3)[C@H](O)[C@@H](O)[C@@H]1O)c1ccccc1)C2. The van der Waals surface area contributed by atoms with Crippen molar-refractivity contribution in [3.05, 3.63) is 65.7 Å². The smallest absolute Gasteiger partial charge is 0.340 e. The fraction of sp³-hybridized carbons (Fsp3) is 0.500. The molecule has 12 heteroatoms. The summed E-state index contributed by atoms with van der Waals surface area (Å²) in [4.78, 5) is 41.2. The first-order valence-electron chi connectivity index (χ1n) is 14.0. The number of ether oxygens (including phenoxy) is 4. The number of phenolic OH excluding ortho intramolecular Hbond substituents is 1. The first-order chi connectivity index (χ1) is 20.1. The molecule has 2 aromatic rings. The third kappa shape index (κ3) is 6.42. The second-order valence-electron chi connectivity index (χ2n) is 11.0. The normalized spacial score (nSPS) is 31.6. The van der Waals surface area contributed by atoms with Gasteiger partial charge in [0.2, 0.25) is 6.29 Å². The fourth-order valence-corrected chi connectivity index (χ4v) is 5.85. The number of carbonyl (C=O) groups excluding carboxylic acids is 3. The van der Waals surface area contributed by atoms with E-state index in [0.29, 0.717) is 17.6 Å². The number of phenols is 1. The minimum atomic E-state index is -1.91. The number of rotatable bonds is 8. The van der Waals surface area contributed by atoms with Gasteiger partial charge in [-0.25, -0.2) is 9.59 Å². The third-order valence-electron chi connectivity index (χ3n) is 8.34. The average molecular weight is 586 g/mol. The van der Waals surface area contributed by atoms with Crippen molar-refractivity contribution < 1.29 is 53.8 Å². The number of aliphatic hydroxyl groups excluding tert-OH is 3. The Labute approximate surface area is 242 Å². The highest BCUT2D eigenvalue weighted by Gasteiger charge is 2.49. The van der Waals surface area contributed by atoms with Crippen LogP contribution in [0.1, 0.15) is 47.5 Å². The maximum absolute atomic E-state index is 13.4. The summed E-state index contributed by atoms with van der Waals surface area (Å²) in [6.45, 7) is -0.440. The summed E-state index contributed by atoms with van der Waals surface area (Å²) in [6, 6.07) is 14.4. The molecule has 12 nitrogen and oxygen atoms in total. The fourth-order valence-electron chi connectivity index (χ4n) is 5.85. The molecular weight excluding hydrogens is 550 g/mol. The van der Waals surface area contributed by atoms with Crippen LogP contribution in [0.25, 0.3) is 0 Å². The van der Waals surface area contributed by atoms with Crippen LogP contribution in [0.2, 0.25) is 0 Å². The van der Waals surface area contributed by atoms with Gasteiger partial charge in [0, 0.05) is 12.1 Å². The zero-order chi connectivity index (χ0) is 30.0. The molecule has 0 radical (unpaired) electrons. The number of carbonyl (C=O) groups is 3. The lowest BCUT2D eigenvalue weighted by Gasteiger charge is -2.38. The van der Waals surface area contributed by atoms with Gasteiger partial charge in [-0.1, -0.05) is 30.3 Å².